The van der Waals surface area contributed by atoms with Gasteiger partial charge in [-0.1, -0.05) is 30.3 Å². The molecular weight excluding hydrogens is 284 g/mol. The molecule has 0 atom stereocenters. The van der Waals surface area contributed by atoms with E-state index >= 15 is 0 Å². The molecule has 0 spiro atoms. The standard InChI is InChI=1S/C15H14N4OS/c1-2-19-12(10-6-4-3-5-7-10)9-8-11(14(19)20)13-16-15(21)18-17-13/h3-9H,2H2,1H3,(H2,16,17,18,21). The lowest BCUT2D eigenvalue weighted by Gasteiger charge is -2.12. The minimum atomic E-state index is -0.0865. The van der Waals surface area contributed by atoms with E-state index in [1.807, 2.05) is 43.3 Å². The van der Waals surface area contributed by atoms with Crippen molar-refractivity contribution in [2.24, 2.45) is 0 Å². The van der Waals surface area contributed by atoms with Crippen molar-refractivity contribution in [2.75, 3.05) is 0 Å². The van der Waals surface area contributed by atoms with Gasteiger partial charge in [-0.3, -0.25) is 15.0 Å². The second-order valence-corrected chi connectivity index (χ2v) is 4.95. The Bertz CT molecular complexity index is 876. The second kappa shape index (κ2) is 5.49. The van der Waals surface area contributed by atoms with Gasteiger partial charge < -0.3 is 4.57 Å². The molecule has 106 valence electrons. The molecule has 0 fully saturated rings. The maximum absolute atomic E-state index is 12.7. The molecule has 3 rings (SSSR count). The van der Waals surface area contributed by atoms with Crippen molar-refractivity contribution in [1.82, 2.24) is 19.7 Å². The summed E-state index contributed by atoms with van der Waals surface area (Å²) in [6.45, 7) is 2.53. The van der Waals surface area contributed by atoms with E-state index < -0.39 is 0 Å². The highest BCUT2D eigenvalue weighted by atomic mass is 32.1. The van der Waals surface area contributed by atoms with Crippen molar-refractivity contribution in [1.29, 1.82) is 0 Å². The number of nitrogens with one attached hydrogen (secondary N) is 2. The molecular formula is C15H14N4OS. The van der Waals surface area contributed by atoms with E-state index in [-0.39, 0.29) is 5.56 Å². The molecule has 0 aliphatic carbocycles. The highest BCUT2D eigenvalue weighted by molar-refractivity contribution is 7.71. The molecule has 21 heavy (non-hydrogen) atoms. The fourth-order valence-corrected chi connectivity index (χ4v) is 2.47. The summed E-state index contributed by atoms with van der Waals surface area (Å²) in [4.78, 5) is 16.8. The largest absolute Gasteiger partial charge is 0.308 e. The predicted molar refractivity (Wildman–Crippen MR) is 84.6 cm³/mol. The quantitative estimate of drug-likeness (QED) is 0.731. The number of hydrogen-bond acceptors (Lipinski definition) is 3. The van der Waals surface area contributed by atoms with Gasteiger partial charge >= 0.3 is 0 Å². The lowest BCUT2D eigenvalue weighted by atomic mass is 10.1. The second-order valence-electron chi connectivity index (χ2n) is 4.56. The van der Waals surface area contributed by atoms with Crippen molar-refractivity contribution in [3.8, 4) is 22.6 Å². The van der Waals surface area contributed by atoms with Crippen molar-refractivity contribution < 1.29 is 0 Å². The number of aromatic nitrogens is 4. The number of nitrogens with zero attached hydrogens (tertiary/aromatic N) is 2. The highest BCUT2D eigenvalue weighted by Crippen LogP contribution is 2.20. The van der Waals surface area contributed by atoms with E-state index in [1.54, 1.807) is 10.6 Å². The Morgan fingerprint density at radius 1 is 1.14 bits per heavy atom. The molecule has 6 heteroatoms. The average Bonchev–Trinajstić information content (AvgIpc) is 2.94. The molecule has 2 aromatic heterocycles. The molecule has 1 aromatic carbocycles. The first-order valence-corrected chi connectivity index (χ1v) is 7.06. The number of rotatable bonds is 3. The van der Waals surface area contributed by atoms with Crippen LogP contribution in [0.4, 0.5) is 0 Å². The van der Waals surface area contributed by atoms with Gasteiger partial charge in [0, 0.05) is 6.54 Å². The van der Waals surface area contributed by atoms with Crippen LogP contribution in [0.15, 0.2) is 47.3 Å². The van der Waals surface area contributed by atoms with Crippen LogP contribution in [-0.2, 0) is 6.54 Å². The third-order valence-corrected chi connectivity index (χ3v) is 3.51. The SMILES string of the molecule is CCn1c(-c2ccccc2)ccc(-c2nc(=S)[nH][nH]2)c1=O. The summed E-state index contributed by atoms with van der Waals surface area (Å²) < 4.78 is 2.07. The van der Waals surface area contributed by atoms with Crippen LogP contribution >= 0.6 is 12.2 Å². The molecule has 0 bridgehead atoms. The molecule has 0 aliphatic heterocycles. The van der Waals surface area contributed by atoms with Gasteiger partial charge in [0.05, 0.1) is 11.3 Å². The van der Waals surface area contributed by atoms with E-state index in [9.17, 15) is 4.79 Å². The Morgan fingerprint density at radius 2 is 1.90 bits per heavy atom. The van der Waals surface area contributed by atoms with Gasteiger partial charge in [-0.2, -0.15) is 4.98 Å². The zero-order valence-electron chi connectivity index (χ0n) is 11.5. The van der Waals surface area contributed by atoms with Gasteiger partial charge in [-0.05, 0) is 36.8 Å². The van der Waals surface area contributed by atoms with Crippen molar-refractivity contribution in [3.63, 3.8) is 0 Å². The maximum atomic E-state index is 12.7. The van der Waals surface area contributed by atoms with Gasteiger partial charge in [-0.25, -0.2) is 0 Å². The highest BCUT2D eigenvalue weighted by Gasteiger charge is 2.12. The monoisotopic (exact) mass is 298 g/mol. The van der Waals surface area contributed by atoms with E-state index in [0.29, 0.717) is 22.7 Å². The fraction of sp³-hybridized carbons (Fsp3) is 0.133. The van der Waals surface area contributed by atoms with Crippen LogP contribution in [0.25, 0.3) is 22.6 Å². The molecule has 0 radical (unpaired) electrons. The van der Waals surface area contributed by atoms with Crippen molar-refractivity contribution >= 4 is 12.2 Å². The third kappa shape index (κ3) is 2.45. The summed E-state index contributed by atoms with van der Waals surface area (Å²) in [5, 5.41) is 5.53. The Kier molecular flexibility index (Phi) is 3.53. The first kappa shape index (κ1) is 13.5. The van der Waals surface area contributed by atoms with Crippen LogP contribution < -0.4 is 5.56 Å². The molecule has 0 amide bonds. The molecule has 2 N–H and O–H groups in total. The summed E-state index contributed by atoms with van der Waals surface area (Å²) in [5.74, 6) is 0.465. The van der Waals surface area contributed by atoms with Crippen LogP contribution in [0.3, 0.4) is 0 Å². The van der Waals surface area contributed by atoms with Gasteiger partial charge in [0.25, 0.3) is 5.56 Å². The molecule has 2 heterocycles. The zero-order chi connectivity index (χ0) is 14.8. The normalized spacial score (nSPS) is 10.7. The van der Waals surface area contributed by atoms with E-state index in [2.05, 4.69) is 15.2 Å². The Balaban J connectivity index is 2.21. The topological polar surface area (TPSA) is 66.5 Å². The third-order valence-electron chi connectivity index (χ3n) is 3.32. The van der Waals surface area contributed by atoms with Gasteiger partial charge in [0.15, 0.2) is 5.82 Å². The number of benzene rings is 1. The average molecular weight is 298 g/mol. The predicted octanol–water partition coefficient (Wildman–Crippen LogP) is 2.98. The molecule has 0 saturated carbocycles. The minimum absolute atomic E-state index is 0.0865. The summed E-state index contributed by atoms with van der Waals surface area (Å²) in [5.41, 5.74) is 2.32. The lowest BCUT2D eigenvalue weighted by Crippen LogP contribution is -2.22. The zero-order valence-corrected chi connectivity index (χ0v) is 12.3. The Labute approximate surface area is 126 Å². The van der Waals surface area contributed by atoms with Gasteiger partial charge in [-0.15, -0.1) is 0 Å². The molecule has 0 saturated heterocycles. The number of pyridine rings is 1. The number of hydrogen-bond donors (Lipinski definition) is 2. The Hall–Kier alpha value is -2.47. The first-order valence-electron chi connectivity index (χ1n) is 6.65. The maximum Gasteiger partial charge on any atom is 0.262 e. The summed E-state index contributed by atoms with van der Waals surface area (Å²) in [6, 6.07) is 13.6. The molecule has 0 aliphatic rings. The van der Waals surface area contributed by atoms with Crippen LogP contribution in [0.5, 0.6) is 0 Å². The molecule has 5 nitrogen and oxygen atoms in total. The first-order chi connectivity index (χ1) is 10.2. The summed E-state index contributed by atoms with van der Waals surface area (Å²) in [6.07, 6.45) is 0. The van der Waals surface area contributed by atoms with Crippen LogP contribution in [0.1, 0.15) is 6.92 Å². The van der Waals surface area contributed by atoms with E-state index in [1.165, 1.54) is 0 Å². The Morgan fingerprint density at radius 3 is 2.52 bits per heavy atom. The smallest absolute Gasteiger partial charge is 0.262 e. The van der Waals surface area contributed by atoms with Crippen LogP contribution in [-0.4, -0.2) is 19.7 Å². The van der Waals surface area contributed by atoms with E-state index in [0.717, 1.165) is 11.3 Å². The van der Waals surface area contributed by atoms with Crippen molar-refractivity contribution in [2.45, 2.75) is 13.5 Å². The van der Waals surface area contributed by atoms with Gasteiger partial charge in [0.1, 0.15) is 0 Å². The summed E-state index contributed by atoms with van der Waals surface area (Å²) in [7, 11) is 0. The molecule has 3 aromatic rings. The van der Waals surface area contributed by atoms with Crippen LogP contribution in [0.2, 0.25) is 0 Å². The number of H-pyrrole nitrogens is 2. The number of aromatic amines is 2. The molecule has 0 unspecified atom stereocenters. The lowest BCUT2D eigenvalue weighted by molar-refractivity contribution is 0.736. The van der Waals surface area contributed by atoms with Crippen LogP contribution in [0, 0.1) is 4.77 Å². The fourth-order valence-electron chi connectivity index (χ4n) is 2.33. The minimum Gasteiger partial charge on any atom is -0.308 e. The summed E-state index contributed by atoms with van der Waals surface area (Å²) >= 11 is 4.93. The van der Waals surface area contributed by atoms with E-state index in [4.69, 9.17) is 12.2 Å². The van der Waals surface area contributed by atoms with Gasteiger partial charge in [0.2, 0.25) is 4.77 Å². The van der Waals surface area contributed by atoms with Crippen molar-refractivity contribution in [3.05, 3.63) is 57.6 Å².